The number of nitrogens with one attached hydrogen (secondary N) is 3. The van der Waals surface area contributed by atoms with Crippen LogP contribution in [0.25, 0.3) is 0 Å². The zero-order valence-corrected chi connectivity index (χ0v) is 21.8. The lowest BCUT2D eigenvalue weighted by molar-refractivity contribution is 0.415. The normalized spacial score (nSPS) is 15.2. The summed E-state index contributed by atoms with van der Waals surface area (Å²) in [5.41, 5.74) is 2.21. The number of methoxy groups -OCH3 is 3. The molecule has 0 spiro atoms. The lowest BCUT2D eigenvalue weighted by Crippen LogP contribution is -2.49. The lowest BCUT2D eigenvalue weighted by atomic mass is 10.3. The zero-order chi connectivity index (χ0) is 27.5. The molecule has 3 heterocycles. The van der Waals surface area contributed by atoms with Crippen molar-refractivity contribution in [2.75, 3.05) is 37.3 Å². The molecule has 0 saturated heterocycles. The third kappa shape index (κ3) is 5.15. The standard InChI is InChI=1S/C27H24N10O3/c1-38-19-10-4-7-16(13-19)28-22-31-25-33-23(29-17-8-5-11-20(14-17)39-2)35-27-36-24(34-26(32-22)37(25)27)30-18-9-6-12-21(15-18)40-3/h4-15H,1-3H3,(H3,28,29,30,31,32,33,34,35,36). The summed E-state index contributed by atoms with van der Waals surface area (Å²) in [4.78, 5) is 29.3. The van der Waals surface area contributed by atoms with E-state index in [4.69, 9.17) is 14.2 Å². The topological polar surface area (TPSA) is 141 Å². The molecule has 0 bridgehead atoms. The van der Waals surface area contributed by atoms with Crippen LogP contribution in [0, 0.1) is 0 Å². The number of anilines is 3. The van der Waals surface area contributed by atoms with Crippen LogP contribution in [0.3, 0.4) is 0 Å². The van der Waals surface area contributed by atoms with Gasteiger partial charge in [-0.3, -0.25) is 0 Å². The minimum Gasteiger partial charge on any atom is -0.497 e. The van der Waals surface area contributed by atoms with E-state index in [2.05, 4.69) is 45.9 Å². The first-order valence-electron chi connectivity index (χ1n) is 12.2. The Balaban J connectivity index is 1.37. The molecule has 13 nitrogen and oxygen atoms in total. The third-order valence-electron chi connectivity index (χ3n) is 5.81. The van der Waals surface area contributed by atoms with Crippen molar-refractivity contribution in [3.8, 4) is 17.2 Å². The molecule has 3 aromatic carbocycles. The first-order valence-corrected chi connectivity index (χ1v) is 12.2. The summed E-state index contributed by atoms with van der Waals surface area (Å²) < 4.78 is 16.0. The van der Waals surface area contributed by atoms with E-state index in [1.54, 1.807) is 26.2 Å². The molecule has 0 saturated carbocycles. The van der Waals surface area contributed by atoms with Gasteiger partial charge in [0.2, 0.25) is 35.8 Å². The van der Waals surface area contributed by atoms with Crippen LogP contribution >= 0.6 is 0 Å². The third-order valence-corrected chi connectivity index (χ3v) is 5.81. The highest BCUT2D eigenvalue weighted by Gasteiger charge is 2.35. The molecule has 0 fully saturated rings. The molecule has 3 N–H and O–H groups in total. The van der Waals surface area contributed by atoms with E-state index in [0.717, 1.165) is 17.1 Å². The quantitative estimate of drug-likeness (QED) is 0.435. The number of ether oxygens (including phenoxy) is 3. The zero-order valence-electron chi connectivity index (χ0n) is 21.8. The summed E-state index contributed by atoms with van der Waals surface area (Å²) >= 11 is 0. The van der Waals surface area contributed by atoms with E-state index in [0.29, 0.717) is 35.1 Å². The summed E-state index contributed by atoms with van der Waals surface area (Å²) in [6, 6.07) is 22.3. The Kier molecular flexibility index (Phi) is 6.50. The predicted molar refractivity (Wildman–Crippen MR) is 156 cm³/mol. The Morgan fingerprint density at radius 2 is 0.800 bits per heavy atom. The van der Waals surface area contributed by atoms with Gasteiger partial charge >= 0.3 is 0 Å². The second-order valence-corrected chi connectivity index (χ2v) is 8.45. The van der Waals surface area contributed by atoms with Crippen LogP contribution < -0.4 is 30.2 Å². The molecule has 6 rings (SSSR count). The second-order valence-electron chi connectivity index (χ2n) is 8.45. The average molecular weight is 537 g/mol. The number of benzene rings is 3. The molecule has 0 amide bonds. The van der Waals surface area contributed by atoms with Gasteiger partial charge in [0, 0.05) is 35.3 Å². The van der Waals surface area contributed by atoms with Crippen molar-refractivity contribution in [3.05, 3.63) is 72.8 Å². The van der Waals surface area contributed by atoms with Gasteiger partial charge in [-0.15, -0.1) is 0 Å². The Hall–Kier alpha value is -5.72. The van der Waals surface area contributed by atoms with Gasteiger partial charge in [-0.25, -0.2) is 4.90 Å². The van der Waals surface area contributed by atoms with E-state index in [-0.39, 0.29) is 17.9 Å². The van der Waals surface area contributed by atoms with Crippen molar-refractivity contribution in [1.82, 2.24) is 4.90 Å². The average Bonchev–Trinajstić information content (AvgIpc) is 2.97. The molecule has 0 atom stereocenters. The Bertz CT molecular complexity index is 1460. The summed E-state index contributed by atoms with van der Waals surface area (Å²) in [5.74, 6) is 3.80. The fraction of sp³-hybridized carbons (Fsp3) is 0.111. The summed E-state index contributed by atoms with van der Waals surface area (Å²) in [7, 11) is 4.82. The van der Waals surface area contributed by atoms with Crippen molar-refractivity contribution in [1.29, 1.82) is 0 Å². The highest BCUT2D eigenvalue weighted by atomic mass is 16.5. The molecule has 3 aromatic rings. The van der Waals surface area contributed by atoms with Gasteiger partial charge in [-0.2, -0.15) is 30.0 Å². The van der Waals surface area contributed by atoms with Crippen LogP contribution in [0.15, 0.2) is 103 Å². The van der Waals surface area contributed by atoms with Gasteiger partial charge in [0.25, 0.3) is 0 Å². The van der Waals surface area contributed by atoms with Crippen molar-refractivity contribution in [2.24, 2.45) is 30.0 Å². The highest BCUT2D eigenvalue weighted by Crippen LogP contribution is 2.23. The fourth-order valence-corrected chi connectivity index (χ4v) is 3.94. The van der Waals surface area contributed by atoms with Gasteiger partial charge in [0.1, 0.15) is 17.2 Å². The van der Waals surface area contributed by atoms with E-state index in [1.165, 1.54) is 0 Å². The molecule has 40 heavy (non-hydrogen) atoms. The largest absolute Gasteiger partial charge is 0.497 e. The number of hydrogen-bond acceptors (Lipinski definition) is 13. The van der Waals surface area contributed by atoms with E-state index < -0.39 is 0 Å². The fourth-order valence-electron chi connectivity index (χ4n) is 3.94. The second kappa shape index (κ2) is 10.6. The molecule has 0 radical (unpaired) electrons. The van der Waals surface area contributed by atoms with E-state index >= 15 is 0 Å². The Morgan fingerprint density at radius 1 is 0.475 bits per heavy atom. The first kappa shape index (κ1) is 24.6. The monoisotopic (exact) mass is 536 g/mol. The SMILES string of the molecule is COc1cccc(NC2=NC3=NC(Nc4cccc(OC)c4)=NC4=NC(Nc5cccc(OC)c5)=NC(=N2)N34)c1. The van der Waals surface area contributed by atoms with Gasteiger partial charge < -0.3 is 30.2 Å². The lowest BCUT2D eigenvalue weighted by Gasteiger charge is -2.30. The smallest absolute Gasteiger partial charge is 0.246 e. The molecule has 13 heteroatoms. The maximum absolute atomic E-state index is 5.33. The minimum atomic E-state index is 0.284. The van der Waals surface area contributed by atoms with Crippen LogP contribution in [0.1, 0.15) is 0 Å². The Morgan fingerprint density at radius 3 is 1.10 bits per heavy atom. The molecule has 3 aliphatic rings. The number of guanidine groups is 6. The van der Waals surface area contributed by atoms with Crippen LogP contribution in [0.5, 0.6) is 17.2 Å². The van der Waals surface area contributed by atoms with Crippen molar-refractivity contribution < 1.29 is 14.2 Å². The molecule has 3 aliphatic heterocycles. The van der Waals surface area contributed by atoms with Crippen molar-refractivity contribution >= 4 is 52.8 Å². The van der Waals surface area contributed by atoms with E-state index in [1.807, 2.05) is 72.8 Å². The summed E-state index contributed by atoms with van der Waals surface area (Å²) in [5, 5.41) is 9.61. The first-order chi connectivity index (χ1) is 19.6. The van der Waals surface area contributed by atoms with Crippen LogP contribution in [-0.4, -0.2) is 62.0 Å². The van der Waals surface area contributed by atoms with Crippen LogP contribution in [-0.2, 0) is 0 Å². The minimum absolute atomic E-state index is 0.284. The number of nitrogens with zero attached hydrogens (tertiary/aromatic N) is 7. The van der Waals surface area contributed by atoms with Gasteiger partial charge in [0.15, 0.2) is 0 Å². The maximum Gasteiger partial charge on any atom is 0.246 e. The van der Waals surface area contributed by atoms with Gasteiger partial charge in [0.05, 0.1) is 21.3 Å². The highest BCUT2D eigenvalue weighted by molar-refractivity contribution is 6.32. The molecular weight excluding hydrogens is 512 g/mol. The summed E-state index contributed by atoms with van der Waals surface area (Å²) in [6.45, 7) is 0. The van der Waals surface area contributed by atoms with Crippen molar-refractivity contribution in [3.63, 3.8) is 0 Å². The Labute approximate surface area is 229 Å². The molecule has 200 valence electrons. The molecule has 0 aromatic heterocycles. The number of hydrogen-bond donors (Lipinski definition) is 3. The number of rotatable bonds is 6. The van der Waals surface area contributed by atoms with E-state index in [9.17, 15) is 0 Å². The summed E-state index contributed by atoms with van der Waals surface area (Å²) in [6.07, 6.45) is 0. The van der Waals surface area contributed by atoms with Crippen LogP contribution in [0.2, 0.25) is 0 Å². The molecule has 0 unspecified atom stereocenters. The number of aliphatic imine (C=N–C) groups is 6. The van der Waals surface area contributed by atoms with Gasteiger partial charge in [-0.1, -0.05) is 18.2 Å². The maximum atomic E-state index is 5.33. The van der Waals surface area contributed by atoms with Crippen molar-refractivity contribution in [2.45, 2.75) is 0 Å². The van der Waals surface area contributed by atoms with Gasteiger partial charge in [-0.05, 0) is 36.4 Å². The molecule has 0 aliphatic carbocycles. The predicted octanol–water partition coefficient (Wildman–Crippen LogP) is 3.83. The van der Waals surface area contributed by atoms with Crippen LogP contribution in [0.4, 0.5) is 17.1 Å². The molecular formula is C27H24N10O3.